The molecule has 7 heteroatoms. The first-order chi connectivity index (χ1) is 16.2. The van der Waals surface area contributed by atoms with Crippen LogP contribution < -0.4 is 0 Å². The predicted octanol–water partition coefficient (Wildman–Crippen LogP) is 7.58. The largest absolute Gasteiger partial charge is 0.481 e. The molecule has 0 spiro atoms. The van der Waals surface area contributed by atoms with Gasteiger partial charge in [-0.05, 0) is 42.7 Å². The number of carboxylic acid groups (broad SMARTS) is 1. The minimum atomic E-state index is -1.92. The molecule has 34 heavy (non-hydrogen) atoms. The van der Waals surface area contributed by atoms with E-state index in [0.717, 1.165) is 49.1 Å². The standard InChI is InChI=1S/C27H52O5Si2/c1-8-15-16-17-22(31-33(9-2,10-3)11-4)18-19-23-24(20-27(29)30)25(28)21-26(23)32-34(12-5,13-6)14-7/h18-19,22-24,26H,8-17,20-21H2,1-7H3,(H,29,30)/t22-,23+,24+,26+/m0/s1. The average Bonchev–Trinajstić information content (AvgIpc) is 3.12. The molecule has 1 N–H and O–H groups in total. The van der Waals surface area contributed by atoms with Crippen molar-refractivity contribution in [2.45, 2.75) is 135 Å². The Hall–Kier alpha value is -0.766. The summed E-state index contributed by atoms with van der Waals surface area (Å²) in [6.07, 6.45) is 8.76. The Bertz CT molecular complexity index is 626. The lowest BCUT2D eigenvalue weighted by Crippen LogP contribution is -2.41. The number of hydrogen-bond donors (Lipinski definition) is 1. The van der Waals surface area contributed by atoms with Gasteiger partial charge in [-0.1, -0.05) is 79.9 Å². The average molecular weight is 513 g/mol. The van der Waals surface area contributed by atoms with Crippen molar-refractivity contribution in [3.63, 3.8) is 0 Å². The fourth-order valence-electron chi connectivity index (χ4n) is 5.46. The van der Waals surface area contributed by atoms with Crippen molar-refractivity contribution >= 4 is 28.4 Å². The zero-order valence-electron chi connectivity index (χ0n) is 23.0. The van der Waals surface area contributed by atoms with E-state index in [0.29, 0.717) is 6.42 Å². The Morgan fingerprint density at radius 1 is 0.971 bits per heavy atom. The zero-order valence-corrected chi connectivity index (χ0v) is 25.0. The van der Waals surface area contributed by atoms with Gasteiger partial charge in [-0.2, -0.15) is 0 Å². The number of rotatable bonds is 18. The zero-order chi connectivity index (χ0) is 25.8. The molecular formula is C27H52O5Si2. The van der Waals surface area contributed by atoms with Gasteiger partial charge in [0.1, 0.15) is 5.78 Å². The lowest BCUT2D eigenvalue weighted by atomic mass is 9.90. The van der Waals surface area contributed by atoms with Crippen LogP contribution in [0.15, 0.2) is 12.2 Å². The van der Waals surface area contributed by atoms with Crippen LogP contribution in [-0.2, 0) is 18.4 Å². The van der Waals surface area contributed by atoms with Crippen molar-refractivity contribution in [2.24, 2.45) is 11.8 Å². The summed E-state index contributed by atoms with van der Waals surface area (Å²) < 4.78 is 13.6. The fraction of sp³-hybridized carbons (Fsp3) is 0.852. The molecule has 0 unspecified atom stereocenters. The first kappa shape index (κ1) is 31.3. The maximum absolute atomic E-state index is 12.9. The van der Waals surface area contributed by atoms with Gasteiger partial charge in [0.05, 0.1) is 18.6 Å². The summed E-state index contributed by atoms with van der Waals surface area (Å²) in [4.78, 5) is 24.5. The third-order valence-corrected chi connectivity index (χ3v) is 17.8. The Morgan fingerprint density at radius 3 is 2.00 bits per heavy atom. The smallest absolute Gasteiger partial charge is 0.304 e. The Kier molecular flexibility index (Phi) is 14.1. The summed E-state index contributed by atoms with van der Waals surface area (Å²) in [6.45, 7) is 15.5. The van der Waals surface area contributed by atoms with Gasteiger partial charge >= 0.3 is 5.97 Å². The Morgan fingerprint density at radius 2 is 1.53 bits per heavy atom. The van der Waals surface area contributed by atoms with E-state index in [-0.39, 0.29) is 30.3 Å². The predicted molar refractivity (Wildman–Crippen MR) is 146 cm³/mol. The number of ketones is 1. The number of carbonyl (C=O) groups is 2. The number of carboxylic acids is 1. The van der Waals surface area contributed by atoms with E-state index in [1.165, 1.54) is 12.8 Å². The summed E-state index contributed by atoms with van der Waals surface area (Å²) in [5, 5.41) is 9.51. The van der Waals surface area contributed by atoms with Crippen LogP contribution in [0.1, 0.15) is 87.0 Å². The van der Waals surface area contributed by atoms with Gasteiger partial charge in [0.2, 0.25) is 0 Å². The lowest BCUT2D eigenvalue weighted by molar-refractivity contribution is -0.140. The van der Waals surface area contributed by atoms with Gasteiger partial charge in [-0.3, -0.25) is 9.59 Å². The maximum atomic E-state index is 12.9. The molecule has 1 saturated carbocycles. The molecule has 0 radical (unpaired) electrons. The molecule has 0 bridgehead atoms. The van der Waals surface area contributed by atoms with Gasteiger partial charge in [0, 0.05) is 18.3 Å². The van der Waals surface area contributed by atoms with Crippen molar-refractivity contribution in [1.29, 1.82) is 0 Å². The topological polar surface area (TPSA) is 72.8 Å². The van der Waals surface area contributed by atoms with Crippen LogP contribution >= 0.6 is 0 Å². The summed E-state index contributed by atoms with van der Waals surface area (Å²) in [6, 6.07) is 6.36. The maximum Gasteiger partial charge on any atom is 0.304 e. The van der Waals surface area contributed by atoms with E-state index >= 15 is 0 Å². The van der Waals surface area contributed by atoms with Crippen LogP contribution in [0.2, 0.25) is 36.3 Å². The van der Waals surface area contributed by atoms with E-state index in [9.17, 15) is 14.7 Å². The summed E-state index contributed by atoms with van der Waals surface area (Å²) in [5.74, 6) is -1.56. The Balaban J connectivity index is 3.25. The summed E-state index contributed by atoms with van der Waals surface area (Å²) in [5.41, 5.74) is 0. The molecule has 0 heterocycles. The number of hydrogen-bond acceptors (Lipinski definition) is 4. The third-order valence-electron chi connectivity index (χ3n) is 8.41. The molecule has 1 aliphatic carbocycles. The molecule has 0 aliphatic heterocycles. The number of aliphatic carboxylic acids is 1. The monoisotopic (exact) mass is 512 g/mol. The quantitative estimate of drug-likeness (QED) is 0.116. The van der Waals surface area contributed by atoms with E-state index < -0.39 is 28.5 Å². The highest BCUT2D eigenvalue weighted by atomic mass is 28.4. The van der Waals surface area contributed by atoms with Gasteiger partial charge in [-0.25, -0.2) is 0 Å². The minimum absolute atomic E-state index is 0.0328. The van der Waals surface area contributed by atoms with Crippen molar-refractivity contribution in [3.05, 3.63) is 12.2 Å². The molecule has 4 atom stereocenters. The molecule has 1 rings (SSSR count). The van der Waals surface area contributed by atoms with Crippen molar-refractivity contribution in [3.8, 4) is 0 Å². The highest BCUT2D eigenvalue weighted by Gasteiger charge is 2.46. The molecule has 0 aromatic carbocycles. The van der Waals surface area contributed by atoms with Crippen molar-refractivity contribution < 1.29 is 23.5 Å². The van der Waals surface area contributed by atoms with Gasteiger partial charge in [0.25, 0.3) is 0 Å². The second-order valence-electron chi connectivity index (χ2n) is 10.1. The molecular weight excluding hydrogens is 460 g/mol. The second kappa shape index (κ2) is 15.4. The molecule has 1 aliphatic rings. The Labute approximate surface area is 211 Å². The summed E-state index contributed by atoms with van der Waals surface area (Å²) in [7, 11) is -3.70. The third kappa shape index (κ3) is 8.72. The van der Waals surface area contributed by atoms with E-state index in [4.69, 9.17) is 8.85 Å². The van der Waals surface area contributed by atoms with E-state index in [1.54, 1.807) is 0 Å². The minimum Gasteiger partial charge on any atom is -0.481 e. The SMILES string of the molecule is CCCCC[C@@H](C=C[C@H]1[C@H](O[Si](CC)(CC)CC)CC(=O)[C@@H]1CC(=O)O)O[Si](CC)(CC)CC. The molecule has 0 saturated heterocycles. The van der Waals surface area contributed by atoms with Gasteiger partial charge in [-0.15, -0.1) is 0 Å². The number of Topliss-reactive ketones (excluding diaryl/α,β-unsaturated/α-hetero) is 1. The van der Waals surface area contributed by atoms with Crippen LogP contribution in [0.4, 0.5) is 0 Å². The van der Waals surface area contributed by atoms with Crippen molar-refractivity contribution in [2.75, 3.05) is 0 Å². The molecule has 1 fully saturated rings. The molecule has 0 amide bonds. The lowest BCUT2D eigenvalue weighted by Gasteiger charge is -2.34. The highest BCUT2D eigenvalue weighted by molar-refractivity contribution is 6.74. The highest BCUT2D eigenvalue weighted by Crippen LogP contribution is 2.39. The molecule has 0 aromatic rings. The normalized spacial score (nSPS) is 22.6. The van der Waals surface area contributed by atoms with Crippen LogP contribution in [0.25, 0.3) is 0 Å². The van der Waals surface area contributed by atoms with Gasteiger partial charge < -0.3 is 14.0 Å². The molecule has 5 nitrogen and oxygen atoms in total. The second-order valence-corrected chi connectivity index (χ2v) is 19.6. The summed E-state index contributed by atoms with van der Waals surface area (Å²) >= 11 is 0. The first-order valence-corrected chi connectivity index (χ1v) is 19.0. The van der Waals surface area contributed by atoms with Gasteiger partial charge in [0.15, 0.2) is 16.6 Å². The number of unbranched alkanes of at least 4 members (excludes halogenated alkanes) is 2. The van der Waals surface area contributed by atoms with Crippen LogP contribution in [0.5, 0.6) is 0 Å². The van der Waals surface area contributed by atoms with E-state index in [2.05, 4.69) is 60.6 Å². The first-order valence-electron chi connectivity index (χ1n) is 14.0. The fourth-order valence-corrected chi connectivity index (χ4v) is 11.2. The van der Waals surface area contributed by atoms with Crippen LogP contribution in [0.3, 0.4) is 0 Å². The molecule has 0 aromatic heterocycles. The van der Waals surface area contributed by atoms with E-state index in [1.807, 2.05) is 0 Å². The molecule has 198 valence electrons. The number of carbonyl (C=O) groups excluding carboxylic acids is 1. The van der Waals surface area contributed by atoms with Crippen molar-refractivity contribution in [1.82, 2.24) is 0 Å². The van der Waals surface area contributed by atoms with Crippen LogP contribution in [-0.4, -0.2) is 45.7 Å². The van der Waals surface area contributed by atoms with Crippen LogP contribution in [0, 0.1) is 11.8 Å².